The molecule has 0 radical (unpaired) electrons. The van der Waals surface area contributed by atoms with Gasteiger partial charge in [-0.1, -0.05) is 6.08 Å². The lowest BCUT2D eigenvalue weighted by Gasteiger charge is -1.95. The molecule has 6 heteroatoms. The van der Waals surface area contributed by atoms with Gasteiger partial charge in [-0.2, -0.15) is 9.61 Å². The minimum Gasteiger partial charge on any atom is -0.465 e. The first-order valence-electron chi connectivity index (χ1n) is 6.05. The number of rotatable bonds is 1. The summed E-state index contributed by atoms with van der Waals surface area (Å²) in [4.78, 5) is 19.1. The number of H-pyrrole nitrogens is 1. The molecule has 0 amide bonds. The average Bonchev–Trinajstić information content (AvgIpc) is 3.10. The molecular weight excluding hydrogens is 244 g/mol. The quantitative estimate of drug-likeness (QED) is 0.639. The van der Waals surface area contributed by atoms with E-state index in [2.05, 4.69) is 15.1 Å². The van der Waals surface area contributed by atoms with Crippen LogP contribution in [-0.4, -0.2) is 19.6 Å². The van der Waals surface area contributed by atoms with Gasteiger partial charge in [0.15, 0.2) is 0 Å². The molecule has 0 unspecified atom stereocenters. The summed E-state index contributed by atoms with van der Waals surface area (Å²) in [7, 11) is 0. The highest BCUT2D eigenvalue weighted by Crippen LogP contribution is 2.02. The summed E-state index contributed by atoms with van der Waals surface area (Å²) in [5.74, 6) is 1.07. The topological polar surface area (TPSA) is 76.2 Å². The van der Waals surface area contributed by atoms with Gasteiger partial charge in [-0.25, -0.2) is 4.98 Å². The molecule has 94 valence electrons. The minimum atomic E-state index is -0.222. The van der Waals surface area contributed by atoms with Crippen LogP contribution in [0.2, 0.25) is 0 Å². The standard InChI is InChI=1S/C13H10N4O2/c18-12-11(7-8-3-2-6-19-8)17-13(15-12)14-9-4-1-5-10(9)16-17/h2-4,6-7H,1,5H2,(H,14,15,18)/b11-7-. The summed E-state index contributed by atoms with van der Waals surface area (Å²) in [5.41, 5.74) is 0.700. The number of imidazole rings is 1. The molecule has 1 aliphatic rings. The van der Waals surface area contributed by atoms with E-state index in [1.807, 2.05) is 6.08 Å². The van der Waals surface area contributed by atoms with Crippen LogP contribution >= 0.6 is 0 Å². The van der Waals surface area contributed by atoms with E-state index in [4.69, 9.17) is 4.42 Å². The largest absolute Gasteiger partial charge is 0.465 e. The minimum absolute atomic E-state index is 0.222. The summed E-state index contributed by atoms with van der Waals surface area (Å²) in [6.45, 7) is 0. The number of hydrogen-bond donors (Lipinski definition) is 1. The van der Waals surface area contributed by atoms with Gasteiger partial charge in [0.2, 0.25) is 5.78 Å². The third-order valence-electron chi connectivity index (χ3n) is 3.17. The second-order valence-corrected chi connectivity index (χ2v) is 4.42. The van der Waals surface area contributed by atoms with Crippen LogP contribution < -0.4 is 16.3 Å². The molecule has 0 saturated carbocycles. The van der Waals surface area contributed by atoms with Crippen LogP contribution in [0.3, 0.4) is 0 Å². The van der Waals surface area contributed by atoms with E-state index >= 15 is 0 Å². The Labute approximate surface area is 106 Å². The fourth-order valence-corrected chi connectivity index (χ4v) is 2.28. The zero-order valence-corrected chi connectivity index (χ0v) is 9.96. The van der Waals surface area contributed by atoms with Crippen molar-refractivity contribution < 1.29 is 4.42 Å². The zero-order valence-electron chi connectivity index (χ0n) is 9.96. The van der Waals surface area contributed by atoms with Crippen molar-refractivity contribution in [1.82, 2.24) is 19.6 Å². The van der Waals surface area contributed by atoms with E-state index < -0.39 is 0 Å². The zero-order chi connectivity index (χ0) is 12.8. The first kappa shape index (κ1) is 10.3. The predicted molar refractivity (Wildman–Crippen MR) is 67.9 cm³/mol. The van der Waals surface area contributed by atoms with Crippen LogP contribution in [0.1, 0.15) is 17.9 Å². The summed E-state index contributed by atoms with van der Waals surface area (Å²) in [6, 6.07) is 3.56. The molecule has 6 nitrogen and oxygen atoms in total. The molecule has 3 heterocycles. The van der Waals surface area contributed by atoms with E-state index in [9.17, 15) is 4.79 Å². The fourth-order valence-electron chi connectivity index (χ4n) is 2.28. The average molecular weight is 254 g/mol. The molecule has 3 aromatic heterocycles. The van der Waals surface area contributed by atoms with Crippen LogP contribution in [0.5, 0.6) is 0 Å². The number of aromatic nitrogens is 4. The maximum atomic E-state index is 12.0. The number of nitrogens with zero attached hydrogens (tertiary/aromatic N) is 3. The van der Waals surface area contributed by atoms with Gasteiger partial charge >= 0.3 is 0 Å². The molecule has 0 fully saturated rings. The van der Waals surface area contributed by atoms with Gasteiger partial charge < -0.3 is 4.42 Å². The van der Waals surface area contributed by atoms with Gasteiger partial charge in [-0.05, 0) is 25.0 Å². The highest BCUT2D eigenvalue weighted by Gasteiger charge is 2.11. The van der Waals surface area contributed by atoms with Crippen molar-refractivity contribution in [2.24, 2.45) is 0 Å². The molecular formula is C13H10N4O2. The molecule has 3 aromatic rings. The maximum absolute atomic E-state index is 12.0. The Kier molecular flexibility index (Phi) is 2.00. The van der Waals surface area contributed by atoms with Crippen molar-refractivity contribution in [1.29, 1.82) is 0 Å². The summed E-state index contributed by atoms with van der Waals surface area (Å²) >= 11 is 0. The summed E-state index contributed by atoms with van der Waals surface area (Å²) < 4.78 is 6.77. The second-order valence-electron chi connectivity index (χ2n) is 4.42. The SMILES string of the molecule is O=c1[nH]c2nc3c(nn2/c1=C\c1ccco1)CCC=3. The number of hydrogen-bond acceptors (Lipinski definition) is 4. The van der Waals surface area contributed by atoms with Crippen molar-refractivity contribution in [3.63, 3.8) is 0 Å². The summed E-state index contributed by atoms with van der Waals surface area (Å²) in [5, 5.41) is 5.77. The Hall–Kier alpha value is -2.63. The van der Waals surface area contributed by atoms with Gasteiger partial charge in [-0.15, -0.1) is 0 Å². The summed E-state index contributed by atoms with van der Waals surface area (Å²) in [6.07, 6.45) is 7.07. The van der Waals surface area contributed by atoms with Crippen LogP contribution in [0, 0.1) is 0 Å². The first-order chi connectivity index (χ1) is 9.31. The number of fused-ring (bicyclic) bond motifs is 2. The number of nitrogens with one attached hydrogen (secondary N) is 1. The lowest BCUT2D eigenvalue weighted by molar-refractivity contribution is 0.556. The van der Waals surface area contributed by atoms with Crippen LogP contribution in [0.4, 0.5) is 0 Å². The molecule has 0 saturated heterocycles. The van der Waals surface area contributed by atoms with Crippen molar-refractivity contribution in [2.45, 2.75) is 12.8 Å². The fraction of sp³-hybridized carbons (Fsp3) is 0.154. The number of furan rings is 1. The van der Waals surface area contributed by atoms with Crippen molar-refractivity contribution in [3.05, 3.63) is 50.9 Å². The van der Waals surface area contributed by atoms with Crippen molar-refractivity contribution in [3.8, 4) is 0 Å². The normalized spacial score (nSPS) is 14.8. The van der Waals surface area contributed by atoms with Gasteiger partial charge in [0.1, 0.15) is 11.1 Å². The molecule has 19 heavy (non-hydrogen) atoms. The van der Waals surface area contributed by atoms with Crippen molar-refractivity contribution >= 4 is 17.9 Å². The number of aryl methyl sites for hydroxylation is 1. The Morgan fingerprint density at radius 3 is 3.26 bits per heavy atom. The molecule has 0 aliphatic heterocycles. The van der Waals surface area contributed by atoms with Crippen LogP contribution in [0.25, 0.3) is 17.9 Å². The van der Waals surface area contributed by atoms with Crippen LogP contribution in [0.15, 0.2) is 27.6 Å². The molecule has 1 aliphatic carbocycles. The van der Waals surface area contributed by atoms with Gasteiger partial charge in [0.25, 0.3) is 5.56 Å². The molecule has 0 spiro atoms. The van der Waals surface area contributed by atoms with E-state index in [0.29, 0.717) is 16.9 Å². The maximum Gasteiger partial charge on any atom is 0.276 e. The van der Waals surface area contributed by atoms with E-state index in [1.54, 1.807) is 29.0 Å². The second kappa shape index (κ2) is 3.68. The van der Waals surface area contributed by atoms with E-state index in [1.165, 1.54) is 0 Å². The highest BCUT2D eigenvalue weighted by molar-refractivity contribution is 5.43. The molecule has 0 aromatic carbocycles. The lowest BCUT2D eigenvalue weighted by Crippen LogP contribution is -2.28. The van der Waals surface area contributed by atoms with Crippen LogP contribution in [-0.2, 0) is 6.42 Å². The Balaban J connectivity index is 2.10. The van der Waals surface area contributed by atoms with Crippen molar-refractivity contribution in [2.75, 3.05) is 0 Å². The third kappa shape index (κ3) is 1.53. The number of aromatic amines is 1. The Morgan fingerprint density at radius 1 is 1.47 bits per heavy atom. The van der Waals surface area contributed by atoms with Gasteiger partial charge in [0.05, 0.1) is 17.3 Å². The predicted octanol–water partition coefficient (Wildman–Crippen LogP) is -0.434. The Morgan fingerprint density at radius 2 is 2.42 bits per heavy atom. The highest BCUT2D eigenvalue weighted by atomic mass is 16.3. The first-order valence-corrected chi connectivity index (χ1v) is 6.05. The van der Waals surface area contributed by atoms with E-state index in [-0.39, 0.29) is 5.56 Å². The third-order valence-corrected chi connectivity index (χ3v) is 3.17. The molecule has 0 atom stereocenters. The monoisotopic (exact) mass is 254 g/mol. The Bertz CT molecular complexity index is 932. The lowest BCUT2D eigenvalue weighted by atomic mass is 10.3. The molecule has 1 N–H and O–H groups in total. The van der Waals surface area contributed by atoms with E-state index in [0.717, 1.165) is 23.9 Å². The van der Waals surface area contributed by atoms with Gasteiger partial charge in [-0.3, -0.25) is 9.78 Å². The van der Waals surface area contributed by atoms with Gasteiger partial charge in [0, 0.05) is 6.08 Å². The molecule has 4 rings (SSSR count). The smallest absolute Gasteiger partial charge is 0.276 e. The molecule has 0 bridgehead atoms.